The van der Waals surface area contributed by atoms with Crippen molar-refractivity contribution in [2.24, 2.45) is 0 Å². The molecule has 3 heterocycles. The Bertz CT molecular complexity index is 1150. The van der Waals surface area contributed by atoms with Gasteiger partial charge in [0, 0.05) is 18.2 Å². The van der Waals surface area contributed by atoms with Gasteiger partial charge in [-0.05, 0) is 37.6 Å². The Morgan fingerprint density at radius 3 is 2.28 bits per heavy atom. The molecule has 1 fully saturated rings. The fourth-order valence-electron chi connectivity index (χ4n) is 3.60. The molecular formula is C17H16F6N6O2S. The number of alkyl halides is 6. The zero-order valence-electron chi connectivity index (χ0n) is 16.0. The number of hydrogen-bond donors (Lipinski definition) is 4. The number of anilines is 3. The van der Waals surface area contributed by atoms with E-state index < -0.39 is 56.3 Å². The lowest BCUT2D eigenvalue weighted by atomic mass is 10.00. The highest BCUT2D eigenvalue weighted by molar-refractivity contribution is 7.94. The van der Waals surface area contributed by atoms with E-state index in [1.165, 1.54) is 0 Å². The predicted octanol–water partition coefficient (Wildman–Crippen LogP) is 3.43. The van der Waals surface area contributed by atoms with E-state index in [9.17, 15) is 34.8 Å². The molecule has 1 aromatic carbocycles. The van der Waals surface area contributed by atoms with Gasteiger partial charge in [-0.2, -0.15) is 34.8 Å². The summed E-state index contributed by atoms with van der Waals surface area (Å²) in [4.78, 5) is 0. The maximum Gasteiger partial charge on any atom is 0.418 e. The Morgan fingerprint density at radius 2 is 1.66 bits per heavy atom. The van der Waals surface area contributed by atoms with E-state index in [1.54, 1.807) is 4.72 Å². The molecule has 0 saturated carbocycles. The van der Waals surface area contributed by atoms with E-state index in [-0.39, 0.29) is 11.9 Å². The highest BCUT2D eigenvalue weighted by Gasteiger charge is 2.42. The van der Waals surface area contributed by atoms with Crippen molar-refractivity contribution in [3.63, 3.8) is 0 Å². The normalized spacial score (nSPS) is 20.2. The summed E-state index contributed by atoms with van der Waals surface area (Å²) in [6.45, 7) is 1.31. The first-order valence-corrected chi connectivity index (χ1v) is 10.8. The number of aromatic nitrogens is 2. The van der Waals surface area contributed by atoms with Crippen LogP contribution in [-0.2, 0) is 22.6 Å². The van der Waals surface area contributed by atoms with Gasteiger partial charge < -0.3 is 10.6 Å². The van der Waals surface area contributed by atoms with Gasteiger partial charge in [-0.1, -0.05) is 0 Å². The van der Waals surface area contributed by atoms with Crippen molar-refractivity contribution in [3.05, 3.63) is 29.3 Å². The minimum absolute atomic E-state index is 0.156. The third-order valence-electron chi connectivity index (χ3n) is 4.99. The molecule has 2 aliphatic rings. The second kappa shape index (κ2) is 7.65. The van der Waals surface area contributed by atoms with Gasteiger partial charge in [0.1, 0.15) is 11.5 Å². The first-order chi connectivity index (χ1) is 14.9. The molecule has 1 unspecified atom stereocenters. The summed E-state index contributed by atoms with van der Waals surface area (Å²) in [6.07, 6.45) is -8.36. The SMILES string of the molecule is O=S1(=O)Nc2c(-c3nnc(NC4CCCNC4)cc3C(F)(F)F)ccc(C(F)(F)F)c2N1. The molecule has 0 radical (unpaired) electrons. The van der Waals surface area contributed by atoms with Crippen LogP contribution in [0.25, 0.3) is 11.3 Å². The van der Waals surface area contributed by atoms with E-state index >= 15 is 0 Å². The van der Waals surface area contributed by atoms with E-state index in [4.69, 9.17) is 0 Å². The predicted molar refractivity (Wildman–Crippen MR) is 103 cm³/mol. The van der Waals surface area contributed by atoms with Gasteiger partial charge in [0.05, 0.1) is 22.5 Å². The summed E-state index contributed by atoms with van der Waals surface area (Å²) in [6, 6.07) is 1.76. The Morgan fingerprint density at radius 1 is 0.969 bits per heavy atom. The summed E-state index contributed by atoms with van der Waals surface area (Å²) in [5.41, 5.74) is -5.51. The number of rotatable bonds is 3. The Labute approximate surface area is 178 Å². The molecule has 174 valence electrons. The van der Waals surface area contributed by atoms with Crippen molar-refractivity contribution in [2.45, 2.75) is 31.2 Å². The zero-order valence-corrected chi connectivity index (χ0v) is 16.8. The molecule has 1 saturated heterocycles. The van der Waals surface area contributed by atoms with Crippen LogP contribution in [0.15, 0.2) is 18.2 Å². The van der Waals surface area contributed by atoms with Crippen LogP contribution in [0.5, 0.6) is 0 Å². The fourth-order valence-corrected chi connectivity index (χ4v) is 4.62. The van der Waals surface area contributed by atoms with Crippen LogP contribution in [0.3, 0.4) is 0 Å². The van der Waals surface area contributed by atoms with Crippen molar-refractivity contribution >= 4 is 27.4 Å². The number of nitrogens with zero attached hydrogens (tertiary/aromatic N) is 2. The van der Waals surface area contributed by atoms with E-state index in [1.807, 2.05) is 4.72 Å². The van der Waals surface area contributed by atoms with Crippen molar-refractivity contribution in [1.82, 2.24) is 15.5 Å². The maximum absolute atomic E-state index is 13.8. The molecule has 1 aromatic heterocycles. The van der Waals surface area contributed by atoms with Crippen LogP contribution < -0.4 is 20.1 Å². The van der Waals surface area contributed by atoms with Crippen molar-refractivity contribution in [1.29, 1.82) is 0 Å². The van der Waals surface area contributed by atoms with E-state index in [0.29, 0.717) is 25.1 Å². The third-order valence-corrected chi connectivity index (χ3v) is 5.93. The fraction of sp³-hybridized carbons (Fsp3) is 0.412. The Balaban J connectivity index is 1.82. The van der Waals surface area contributed by atoms with Crippen LogP contribution in [0.1, 0.15) is 24.0 Å². The molecule has 4 N–H and O–H groups in total. The lowest BCUT2D eigenvalue weighted by Crippen LogP contribution is -2.38. The van der Waals surface area contributed by atoms with Crippen molar-refractivity contribution in [3.8, 4) is 11.3 Å². The first-order valence-electron chi connectivity index (χ1n) is 9.32. The first kappa shape index (κ1) is 22.4. The smallest absolute Gasteiger partial charge is 0.365 e. The Hall–Kier alpha value is -2.81. The molecule has 15 heteroatoms. The zero-order chi connectivity index (χ0) is 23.3. The van der Waals surface area contributed by atoms with E-state index in [2.05, 4.69) is 20.8 Å². The monoisotopic (exact) mass is 482 g/mol. The van der Waals surface area contributed by atoms with Crippen LogP contribution in [0.4, 0.5) is 43.5 Å². The minimum Gasteiger partial charge on any atom is -0.365 e. The molecule has 0 amide bonds. The van der Waals surface area contributed by atoms with Gasteiger partial charge in [0.25, 0.3) is 0 Å². The van der Waals surface area contributed by atoms with Gasteiger partial charge in [-0.3, -0.25) is 9.44 Å². The molecule has 32 heavy (non-hydrogen) atoms. The standard InChI is InChI=1S/C17H16F6N6O2S/c18-16(19,20)10-4-3-9(14-15(10)29-32(30,31)28-14)13-11(17(21,22)23)6-12(26-27-13)25-8-2-1-5-24-7-8/h3-4,6,8,24,28-29H,1-2,5,7H2,(H,25,26). The van der Waals surface area contributed by atoms with Gasteiger partial charge in [0.15, 0.2) is 0 Å². The van der Waals surface area contributed by atoms with E-state index in [0.717, 1.165) is 19.0 Å². The molecule has 2 aliphatic heterocycles. The summed E-state index contributed by atoms with van der Waals surface area (Å²) < 4.78 is 109. The molecule has 0 bridgehead atoms. The second-order valence-corrected chi connectivity index (χ2v) is 8.71. The topological polar surface area (TPSA) is 108 Å². The van der Waals surface area contributed by atoms with Gasteiger partial charge in [-0.15, -0.1) is 10.2 Å². The van der Waals surface area contributed by atoms with Gasteiger partial charge in [0.2, 0.25) is 0 Å². The third kappa shape index (κ3) is 4.39. The number of hydrogen-bond acceptors (Lipinski definition) is 6. The molecule has 4 rings (SSSR count). The largest absolute Gasteiger partial charge is 0.418 e. The number of halogens is 6. The van der Waals surface area contributed by atoms with Crippen LogP contribution in [0, 0.1) is 0 Å². The van der Waals surface area contributed by atoms with Crippen LogP contribution in [0.2, 0.25) is 0 Å². The second-order valence-electron chi connectivity index (χ2n) is 7.29. The highest BCUT2D eigenvalue weighted by atomic mass is 32.2. The molecule has 0 aliphatic carbocycles. The molecular weight excluding hydrogens is 466 g/mol. The summed E-state index contributed by atoms with van der Waals surface area (Å²) >= 11 is 0. The van der Waals surface area contributed by atoms with Crippen molar-refractivity contribution in [2.75, 3.05) is 27.9 Å². The minimum atomic E-state index is -4.95. The average Bonchev–Trinajstić information content (AvgIpc) is 3.01. The molecule has 8 nitrogen and oxygen atoms in total. The number of piperidine rings is 1. The quantitative estimate of drug-likeness (QED) is 0.500. The molecule has 1 atom stereocenters. The summed E-state index contributed by atoms with van der Waals surface area (Å²) in [5, 5.41) is 13.3. The van der Waals surface area contributed by atoms with Crippen molar-refractivity contribution < 1.29 is 34.8 Å². The summed E-state index contributed by atoms with van der Waals surface area (Å²) in [5.74, 6) is -0.156. The van der Waals surface area contributed by atoms with Gasteiger partial charge in [-0.25, -0.2) is 0 Å². The number of nitrogens with one attached hydrogen (secondary N) is 4. The average molecular weight is 482 g/mol. The molecule has 2 aromatic rings. The Kier molecular flexibility index (Phi) is 5.35. The van der Waals surface area contributed by atoms with Crippen LogP contribution >= 0.6 is 0 Å². The van der Waals surface area contributed by atoms with Crippen LogP contribution in [-0.4, -0.2) is 37.7 Å². The lowest BCUT2D eigenvalue weighted by molar-refractivity contribution is -0.138. The highest BCUT2D eigenvalue weighted by Crippen LogP contribution is 2.48. The number of benzene rings is 1. The lowest BCUT2D eigenvalue weighted by Gasteiger charge is -2.24. The summed E-state index contributed by atoms with van der Waals surface area (Å²) in [7, 11) is -4.44. The number of fused-ring (bicyclic) bond motifs is 1. The maximum atomic E-state index is 13.8. The molecule has 0 spiro atoms. The van der Waals surface area contributed by atoms with Gasteiger partial charge >= 0.3 is 22.6 Å².